The molecule has 42 heavy (non-hydrogen) atoms. The molecule has 4 heteroatoms. The molecule has 0 aliphatic rings. The average molecular weight is 538 g/mol. The van der Waals surface area contributed by atoms with Crippen LogP contribution in [0.2, 0.25) is 0 Å². The first kappa shape index (κ1) is 23.0. The summed E-state index contributed by atoms with van der Waals surface area (Å²) in [5, 5.41) is 3.35. The third kappa shape index (κ3) is 3.42. The predicted octanol–water partition coefficient (Wildman–Crippen LogP) is 9.96. The molecule has 0 atom stereocenters. The molecule has 0 radical (unpaired) electrons. The lowest BCUT2D eigenvalue weighted by molar-refractivity contribution is 0.670. The number of fused-ring (bicyclic) bond motifs is 7. The molecule has 0 aliphatic heterocycles. The first-order valence-corrected chi connectivity index (χ1v) is 14.1. The number of nitrogens with zero attached hydrogens (tertiary/aromatic N) is 3. The van der Waals surface area contributed by atoms with Gasteiger partial charge in [0.15, 0.2) is 5.65 Å². The highest BCUT2D eigenvalue weighted by molar-refractivity contribution is 6.10. The molecule has 3 aromatic heterocycles. The van der Waals surface area contributed by atoms with Gasteiger partial charge in [-0.2, -0.15) is 0 Å². The fraction of sp³-hybridized carbons (Fsp3) is 0. The fourth-order valence-corrected chi connectivity index (χ4v) is 6.22. The van der Waals surface area contributed by atoms with Crippen molar-refractivity contribution in [2.45, 2.75) is 0 Å². The Bertz CT molecular complexity index is 2470. The molecule has 0 saturated carbocycles. The summed E-state index contributed by atoms with van der Waals surface area (Å²) < 4.78 is 8.57. The van der Waals surface area contributed by atoms with Gasteiger partial charge in [-0.1, -0.05) is 91.0 Å². The van der Waals surface area contributed by atoms with Gasteiger partial charge in [0.1, 0.15) is 16.7 Å². The Kier molecular flexibility index (Phi) is 4.87. The van der Waals surface area contributed by atoms with E-state index in [1.54, 1.807) is 0 Å². The van der Waals surface area contributed by atoms with E-state index in [2.05, 4.69) is 102 Å². The van der Waals surface area contributed by atoms with E-state index in [0.29, 0.717) is 0 Å². The van der Waals surface area contributed by atoms with Crippen molar-refractivity contribution in [2.75, 3.05) is 0 Å². The van der Waals surface area contributed by atoms with Crippen molar-refractivity contribution in [3.05, 3.63) is 140 Å². The summed E-state index contributed by atoms with van der Waals surface area (Å²) in [5.41, 5.74) is 12.0. The normalized spacial score (nSPS) is 11.8. The van der Waals surface area contributed by atoms with Gasteiger partial charge in [0.25, 0.3) is 0 Å². The van der Waals surface area contributed by atoms with Crippen LogP contribution >= 0.6 is 0 Å². The van der Waals surface area contributed by atoms with Gasteiger partial charge in [-0.25, -0.2) is 9.97 Å². The summed E-state index contributed by atoms with van der Waals surface area (Å²) in [6.45, 7) is 0. The first-order chi connectivity index (χ1) is 20.8. The highest BCUT2D eigenvalue weighted by Gasteiger charge is 2.17. The van der Waals surface area contributed by atoms with Gasteiger partial charge in [0.05, 0.1) is 16.6 Å². The van der Waals surface area contributed by atoms with Crippen molar-refractivity contribution in [2.24, 2.45) is 0 Å². The van der Waals surface area contributed by atoms with Gasteiger partial charge in [-0.05, 0) is 65.2 Å². The van der Waals surface area contributed by atoms with Crippen LogP contribution in [0.4, 0.5) is 0 Å². The zero-order valence-corrected chi connectivity index (χ0v) is 22.5. The second kappa shape index (κ2) is 8.88. The number of rotatable bonds is 3. The summed E-state index contributed by atoms with van der Waals surface area (Å²) in [7, 11) is 0. The first-order valence-electron chi connectivity index (χ1n) is 14.1. The van der Waals surface area contributed by atoms with E-state index in [0.717, 1.165) is 83.0 Å². The molecule has 0 saturated heterocycles. The second-order valence-electron chi connectivity index (χ2n) is 10.6. The summed E-state index contributed by atoms with van der Waals surface area (Å²) in [6.07, 6.45) is 0. The van der Waals surface area contributed by atoms with Crippen LogP contribution < -0.4 is 0 Å². The second-order valence-corrected chi connectivity index (χ2v) is 10.6. The number of benzene rings is 6. The zero-order valence-electron chi connectivity index (χ0n) is 22.5. The molecule has 0 bridgehead atoms. The molecule has 196 valence electrons. The smallest absolute Gasteiger partial charge is 0.165 e. The molecule has 4 nitrogen and oxygen atoms in total. The highest BCUT2D eigenvalue weighted by atomic mass is 16.3. The molecule has 9 aromatic rings. The van der Waals surface area contributed by atoms with E-state index in [-0.39, 0.29) is 0 Å². The number of para-hydroxylation sites is 5. The van der Waals surface area contributed by atoms with Crippen molar-refractivity contribution < 1.29 is 4.42 Å². The van der Waals surface area contributed by atoms with Crippen LogP contribution in [0.1, 0.15) is 0 Å². The van der Waals surface area contributed by atoms with E-state index in [4.69, 9.17) is 14.4 Å². The maximum absolute atomic E-state index is 6.35. The fourth-order valence-electron chi connectivity index (χ4n) is 6.22. The topological polar surface area (TPSA) is 43.9 Å². The summed E-state index contributed by atoms with van der Waals surface area (Å²) >= 11 is 0. The average Bonchev–Trinajstić information content (AvgIpc) is 3.59. The molecule has 3 heterocycles. The summed E-state index contributed by atoms with van der Waals surface area (Å²) in [6, 6.07) is 48.4. The van der Waals surface area contributed by atoms with Gasteiger partial charge in [0, 0.05) is 27.4 Å². The summed E-state index contributed by atoms with van der Waals surface area (Å²) in [4.78, 5) is 10.2. The van der Waals surface area contributed by atoms with Gasteiger partial charge in [0.2, 0.25) is 0 Å². The molecule has 0 spiro atoms. The Balaban J connectivity index is 1.25. The van der Waals surface area contributed by atoms with Crippen LogP contribution in [-0.2, 0) is 0 Å². The Morgan fingerprint density at radius 1 is 0.500 bits per heavy atom. The van der Waals surface area contributed by atoms with E-state index in [9.17, 15) is 0 Å². The van der Waals surface area contributed by atoms with E-state index < -0.39 is 0 Å². The minimum absolute atomic E-state index is 0.859. The van der Waals surface area contributed by atoms with Gasteiger partial charge in [-0.3, -0.25) is 4.57 Å². The number of hydrogen-bond donors (Lipinski definition) is 0. The summed E-state index contributed by atoms with van der Waals surface area (Å²) in [5.74, 6) is 0. The monoisotopic (exact) mass is 537 g/mol. The lowest BCUT2D eigenvalue weighted by Crippen LogP contribution is -1.96. The minimum atomic E-state index is 0.859. The van der Waals surface area contributed by atoms with Crippen LogP contribution in [-0.4, -0.2) is 14.5 Å². The predicted molar refractivity (Wildman–Crippen MR) is 172 cm³/mol. The van der Waals surface area contributed by atoms with E-state index in [1.165, 1.54) is 0 Å². The Morgan fingerprint density at radius 2 is 1.21 bits per heavy atom. The van der Waals surface area contributed by atoms with Crippen molar-refractivity contribution in [3.63, 3.8) is 0 Å². The quantitative estimate of drug-likeness (QED) is 0.225. The Hall–Kier alpha value is -5.74. The molecule has 9 rings (SSSR count). The van der Waals surface area contributed by atoms with Crippen LogP contribution in [0.5, 0.6) is 0 Å². The molecule has 0 amide bonds. The van der Waals surface area contributed by atoms with Crippen molar-refractivity contribution >= 4 is 55.0 Å². The highest BCUT2D eigenvalue weighted by Crippen LogP contribution is 2.38. The molecule has 0 unspecified atom stereocenters. The van der Waals surface area contributed by atoms with E-state index in [1.807, 2.05) is 42.5 Å². The van der Waals surface area contributed by atoms with Crippen LogP contribution in [0.15, 0.2) is 144 Å². The molecule has 6 aromatic carbocycles. The number of aromatic nitrogens is 3. The molecule has 0 N–H and O–H groups in total. The standard InChI is InChI=1S/C38H23N3O/c1-2-12-27(13-3-1)41-34-21-20-25(23-31(34)36-38(41)40-33-18-6-5-17-32(33)39-36)24-10-8-11-26(22-24)28-15-9-16-30-29-14-4-7-19-35(29)42-37(28)30/h1-23H. The van der Waals surface area contributed by atoms with Crippen molar-refractivity contribution in [1.29, 1.82) is 0 Å². The Morgan fingerprint density at radius 3 is 2.12 bits per heavy atom. The maximum Gasteiger partial charge on any atom is 0.165 e. The van der Waals surface area contributed by atoms with Crippen LogP contribution in [0.25, 0.3) is 83.0 Å². The molecule has 0 fully saturated rings. The lowest BCUT2D eigenvalue weighted by atomic mass is 9.97. The zero-order chi connectivity index (χ0) is 27.6. The number of furan rings is 1. The minimum Gasteiger partial charge on any atom is -0.455 e. The van der Waals surface area contributed by atoms with Gasteiger partial charge in [-0.15, -0.1) is 0 Å². The van der Waals surface area contributed by atoms with Gasteiger partial charge >= 0.3 is 0 Å². The SMILES string of the molecule is c1ccc(-n2c3ccc(-c4cccc(-c5cccc6c5oc5ccccc56)c4)cc3c3nc4ccccc4nc32)cc1. The molecular weight excluding hydrogens is 514 g/mol. The van der Waals surface area contributed by atoms with Crippen LogP contribution in [0.3, 0.4) is 0 Å². The third-order valence-corrected chi connectivity index (χ3v) is 8.18. The van der Waals surface area contributed by atoms with E-state index >= 15 is 0 Å². The van der Waals surface area contributed by atoms with Gasteiger partial charge < -0.3 is 4.42 Å². The Labute approximate surface area is 241 Å². The third-order valence-electron chi connectivity index (χ3n) is 8.18. The maximum atomic E-state index is 6.35. The van der Waals surface area contributed by atoms with Crippen molar-refractivity contribution in [1.82, 2.24) is 14.5 Å². The molecular formula is C38H23N3O. The van der Waals surface area contributed by atoms with Crippen molar-refractivity contribution in [3.8, 4) is 27.9 Å². The van der Waals surface area contributed by atoms with Crippen LogP contribution in [0, 0.1) is 0 Å². The number of hydrogen-bond acceptors (Lipinski definition) is 3. The lowest BCUT2D eigenvalue weighted by Gasteiger charge is -2.09. The largest absolute Gasteiger partial charge is 0.455 e. The molecule has 0 aliphatic carbocycles.